The number of carbonyl (C=O) groups excluding carboxylic acids is 1. The Morgan fingerprint density at radius 2 is 1.68 bits per heavy atom. The van der Waals surface area contributed by atoms with E-state index < -0.39 is 5.82 Å². The molecular weight excluding hydrogens is 353 g/mol. The van der Waals surface area contributed by atoms with Gasteiger partial charge in [0.2, 0.25) is 0 Å². The molecule has 0 unspecified atom stereocenters. The third kappa shape index (κ3) is 3.98. The van der Waals surface area contributed by atoms with E-state index in [2.05, 4.69) is 29.7 Å². The Labute approximate surface area is 164 Å². The van der Waals surface area contributed by atoms with Gasteiger partial charge in [-0.05, 0) is 62.4 Å². The van der Waals surface area contributed by atoms with Gasteiger partial charge in [0.05, 0.1) is 11.1 Å². The number of anilines is 1. The number of aromatic nitrogens is 1. The molecular formula is C23H24FN3O. The van der Waals surface area contributed by atoms with Crippen LogP contribution in [0.2, 0.25) is 0 Å². The van der Waals surface area contributed by atoms with E-state index in [0.29, 0.717) is 6.04 Å². The Hall–Kier alpha value is -2.95. The highest BCUT2D eigenvalue weighted by Gasteiger charge is 2.24. The molecule has 2 N–H and O–H groups in total. The number of pyridine rings is 1. The van der Waals surface area contributed by atoms with Crippen LogP contribution in [0.15, 0.2) is 54.6 Å². The maximum absolute atomic E-state index is 13.8. The van der Waals surface area contributed by atoms with E-state index >= 15 is 0 Å². The van der Waals surface area contributed by atoms with Gasteiger partial charge >= 0.3 is 0 Å². The van der Waals surface area contributed by atoms with Crippen LogP contribution in [0.1, 0.15) is 41.6 Å². The van der Waals surface area contributed by atoms with Gasteiger partial charge in [0.25, 0.3) is 5.91 Å². The van der Waals surface area contributed by atoms with Gasteiger partial charge in [-0.1, -0.05) is 30.3 Å². The number of hydrogen-bond donors (Lipinski definition) is 2. The molecule has 0 aliphatic heterocycles. The molecule has 144 valence electrons. The summed E-state index contributed by atoms with van der Waals surface area (Å²) in [6.07, 6.45) is 3.61. The fraction of sp³-hybridized carbons (Fsp3) is 0.304. The molecule has 2 aromatic carbocycles. The summed E-state index contributed by atoms with van der Waals surface area (Å²) in [5.41, 5.74) is 2.31. The number of hydrogen-bond acceptors (Lipinski definition) is 3. The third-order valence-corrected chi connectivity index (χ3v) is 5.46. The Morgan fingerprint density at radius 3 is 2.46 bits per heavy atom. The van der Waals surface area contributed by atoms with Crippen molar-refractivity contribution in [2.24, 2.45) is 0 Å². The Kier molecular flexibility index (Phi) is 5.24. The van der Waals surface area contributed by atoms with Crippen molar-refractivity contribution in [2.45, 2.75) is 44.7 Å². The first-order valence-electron chi connectivity index (χ1n) is 9.78. The number of aryl methyl sites for hydroxylation is 1. The van der Waals surface area contributed by atoms with Crippen LogP contribution in [0, 0.1) is 12.7 Å². The number of halogens is 1. The van der Waals surface area contributed by atoms with Crippen molar-refractivity contribution >= 4 is 22.6 Å². The summed E-state index contributed by atoms with van der Waals surface area (Å²) in [5, 5.41) is 7.69. The van der Waals surface area contributed by atoms with Crippen molar-refractivity contribution in [2.75, 3.05) is 5.32 Å². The Balaban J connectivity index is 1.34. The fourth-order valence-electron chi connectivity index (χ4n) is 3.92. The van der Waals surface area contributed by atoms with Crippen molar-refractivity contribution in [3.8, 4) is 0 Å². The molecule has 1 heterocycles. The standard InChI is InChI=1S/C23H24FN3O/c1-15-14-22(27-21-9-5-3-6-18(15)21)25-16-10-12-17(13-11-16)26-23(28)19-7-2-4-8-20(19)24/h2-9,14,16-17H,10-13H2,1H3,(H,25,27)(H,26,28)/t16-,17+. The molecule has 0 bridgehead atoms. The van der Waals surface area contributed by atoms with Crippen molar-refractivity contribution in [1.82, 2.24) is 10.3 Å². The van der Waals surface area contributed by atoms with E-state index in [1.807, 2.05) is 18.2 Å². The number of rotatable bonds is 4. The van der Waals surface area contributed by atoms with E-state index in [1.54, 1.807) is 12.1 Å². The van der Waals surface area contributed by atoms with Crippen LogP contribution in [0.5, 0.6) is 0 Å². The summed E-state index contributed by atoms with van der Waals surface area (Å²) in [6, 6.07) is 16.7. The second kappa shape index (κ2) is 7.97. The quantitative estimate of drug-likeness (QED) is 0.684. The number of carbonyl (C=O) groups is 1. The summed E-state index contributed by atoms with van der Waals surface area (Å²) in [4.78, 5) is 17.0. The van der Waals surface area contributed by atoms with Gasteiger partial charge < -0.3 is 10.6 Å². The molecule has 1 saturated carbocycles. The third-order valence-electron chi connectivity index (χ3n) is 5.46. The number of para-hydroxylation sites is 1. The van der Waals surface area contributed by atoms with E-state index in [0.717, 1.165) is 37.0 Å². The number of nitrogens with zero attached hydrogens (tertiary/aromatic N) is 1. The van der Waals surface area contributed by atoms with E-state index in [4.69, 9.17) is 4.98 Å². The number of benzene rings is 2. The van der Waals surface area contributed by atoms with Crippen LogP contribution in [0.3, 0.4) is 0 Å². The number of nitrogens with one attached hydrogen (secondary N) is 2. The summed E-state index contributed by atoms with van der Waals surface area (Å²) in [6.45, 7) is 2.10. The normalized spacial score (nSPS) is 19.4. The minimum atomic E-state index is -0.479. The molecule has 0 atom stereocenters. The average Bonchev–Trinajstić information content (AvgIpc) is 2.70. The molecule has 5 heteroatoms. The monoisotopic (exact) mass is 377 g/mol. The first-order chi connectivity index (χ1) is 13.6. The fourth-order valence-corrected chi connectivity index (χ4v) is 3.92. The molecule has 4 nitrogen and oxygen atoms in total. The predicted molar refractivity (Wildman–Crippen MR) is 110 cm³/mol. The van der Waals surface area contributed by atoms with Gasteiger partial charge in [0, 0.05) is 17.5 Å². The zero-order chi connectivity index (χ0) is 19.5. The molecule has 0 saturated heterocycles. The van der Waals surface area contributed by atoms with Gasteiger partial charge in [0.1, 0.15) is 11.6 Å². The highest BCUT2D eigenvalue weighted by molar-refractivity contribution is 5.94. The molecule has 1 aliphatic carbocycles. The van der Waals surface area contributed by atoms with Gasteiger partial charge in [0.15, 0.2) is 0 Å². The maximum atomic E-state index is 13.8. The van der Waals surface area contributed by atoms with Gasteiger partial charge in [-0.2, -0.15) is 0 Å². The molecule has 1 aromatic heterocycles. The van der Waals surface area contributed by atoms with Crippen molar-refractivity contribution in [3.05, 3.63) is 71.5 Å². The maximum Gasteiger partial charge on any atom is 0.254 e. The van der Waals surface area contributed by atoms with Crippen molar-refractivity contribution < 1.29 is 9.18 Å². The van der Waals surface area contributed by atoms with E-state index in [-0.39, 0.29) is 17.5 Å². The zero-order valence-electron chi connectivity index (χ0n) is 15.9. The lowest BCUT2D eigenvalue weighted by molar-refractivity contribution is 0.0922. The molecule has 28 heavy (non-hydrogen) atoms. The Bertz CT molecular complexity index is 996. The zero-order valence-corrected chi connectivity index (χ0v) is 15.9. The summed E-state index contributed by atoms with van der Waals surface area (Å²) in [7, 11) is 0. The Morgan fingerprint density at radius 1 is 1.00 bits per heavy atom. The molecule has 0 spiro atoms. The van der Waals surface area contributed by atoms with Crippen LogP contribution in [-0.2, 0) is 0 Å². The van der Waals surface area contributed by atoms with E-state index in [1.165, 1.54) is 23.1 Å². The summed E-state index contributed by atoms with van der Waals surface area (Å²) in [5.74, 6) is 0.0875. The topological polar surface area (TPSA) is 54.0 Å². The van der Waals surface area contributed by atoms with Gasteiger partial charge in [-0.3, -0.25) is 4.79 Å². The highest BCUT2D eigenvalue weighted by atomic mass is 19.1. The average molecular weight is 377 g/mol. The van der Waals surface area contributed by atoms with Crippen molar-refractivity contribution in [1.29, 1.82) is 0 Å². The summed E-state index contributed by atoms with van der Waals surface area (Å²) < 4.78 is 13.8. The van der Waals surface area contributed by atoms with Crippen LogP contribution in [-0.4, -0.2) is 23.0 Å². The van der Waals surface area contributed by atoms with Gasteiger partial charge in [-0.15, -0.1) is 0 Å². The molecule has 0 radical (unpaired) electrons. The molecule has 4 rings (SSSR count). The summed E-state index contributed by atoms with van der Waals surface area (Å²) >= 11 is 0. The lowest BCUT2D eigenvalue weighted by atomic mass is 9.91. The van der Waals surface area contributed by atoms with Crippen molar-refractivity contribution in [3.63, 3.8) is 0 Å². The lowest BCUT2D eigenvalue weighted by Gasteiger charge is -2.30. The lowest BCUT2D eigenvalue weighted by Crippen LogP contribution is -2.40. The van der Waals surface area contributed by atoms with Crippen LogP contribution < -0.4 is 10.6 Å². The minimum absolute atomic E-state index is 0.0801. The highest BCUT2D eigenvalue weighted by Crippen LogP contribution is 2.25. The smallest absolute Gasteiger partial charge is 0.254 e. The number of amides is 1. The SMILES string of the molecule is Cc1cc(N[C@H]2CC[C@@H](NC(=O)c3ccccc3F)CC2)nc2ccccc12. The van der Waals surface area contributed by atoms with Crippen LogP contribution >= 0.6 is 0 Å². The molecule has 1 fully saturated rings. The second-order valence-electron chi connectivity index (χ2n) is 7.49. The molecule has 3 aromatic rings. The first kappa shape index (κ1) is 18.4. The van der Waals surface area contributed by atoms with Crippen LogP contribution in [0.4, 0.5) is 10.2 Å². The predicted octanol–water partition coefficient (Wildman–Crippen LogP) is 4.84. The first-order valence-corrected chi connectivity index (χ1v) is 9.78. The molecule has 1 aliphatic rings. The minimum Gasteiger partial charge on any atom is -0.367 e. The van der Waals surface area contributed by atoms with E-state index in [9.17, 15) is 9.18 Å². The number of fused-ring (bicyclic) bond motifs is 1. The second-order valence-corrected chi connectivity index (χ2v) is 7.49. The van der Waals surface area contributed by atoms with Gasteiger partial charge in [-0.25, -0.2) is 9.37 Å². The molecule has 1 amide bonds. The van der Waals surface area contributed by atoms with Crippen LogP contribution in [0.25, 0.3) is 10.9 Å². The largest absolute Gasteiger partial charge is 0.367 e.